The summed E-state index contributed by atoms with van der Waals surface area (Å²) in [7, 11) is 0. The Balaban J connectivity index is 2.48. The van der Waals surface area contributed by atoms with Crippen LogP contribution in [0.3, 0.4) is 0 Å². The van der Waals surface area contributed by atoms with Crippen molar-refractivity contribution in [3.63, 3.8) is 0 Å². The van der Waals surface area contributed by atoms with Crippen molar-refractivity contribution in [3.05, 3.63) is 29.3 Å². The predicted octanol–water partition coefficient (Wildman–Crippen LogP) is 1.45. The molecule has 4 heteroatoms. The van der Waals surface area contributed by atoms with Gasteiger partial charge in [-0.1, -0.05) is 6.07 Å². The highest BCUT2D eigenvalue weighted by Gasteiger charge is 2.16. The Kier molecular flexibility index (Phi) is 2.14. The van der Waals surface area contributed by atoms with Gasteiger partial charge in [-0.2, -0.15) is 4.39 Å². The van der Waals surface area contributed by atoms with Crippen molar-refractivity contribution < 1.29 is 13.5 Å². The van der Waals surface area contributed by atoms with E-state index in [-0.39, 0.29) is 5.75 Å². The highest BCUT2D eigenvalue weighted by Crippen LogP contribution is 2.25. The molecule has 0 aromatic heterocycles. The second-order valence-electron chi connectivity index (χ2n) is 2.87. The first kappa shape index (κ1) is 8.44. The van der Waals surface area contributed by atoms with Gasteiger partial charge in [0.05, 0.1) is 0 Å². The molecule has 0 aliphatic carbocycles. The first-order chi connectivity index (χ1) is 6.29. The average molecular weight is 185 g/mol. The molecule has 0 saturated carbocycles. The third kappa shape index (κ3) is 1.49. The minimum Gasteiger partial charge on any atom is -0.489 e. The van der Waals surface area contributed by atoms with Crippen LogP contribution < -0.4 is 10.1 Å². The van der Waals surface area contributed by atoms with E-state index in [4.69, 9.17) is 4.74 Å². The largest absolute Gasteiger partial charge is 0.489 e. The number of hydrogen-bond acceptors (Lipinski definition) is 2. The fraction of sp³-hybridized carbons (Fsp3) is 0.333. The highest BCUT2D eigenvalue weighted by atomic mass is 19.2. The number of halogens is 2. The van der Waals surface area contributed by atoms with E-state index in [1.165, 1.54) is 6.07 Å². The van der Waals surface area contributed by atoms with E-state index in [1.807, 2.05) is 0 Å². The first-order valence-corrected chi connectivity index (χ1v) is 4.09. The third-order valence-corrected chi connectivity index (χ3v) is 1.97. The molecule has 1 aromatic rings. The lowest BCUT2D eigenvalue weighted by molar-refractivity contribution is 0.303. The highest BCUT2D eigenvalue weighted by molar-refractivity contribution is 5.36. The standard InChI is InChI=1S/C9H9F2NO/c10-7-2-1-6-5-12-3-4-13-9(6)8(7)11/h1-2,12H,3-5H2. The fourth-order valence-electron chi connectivity index (χ4n) is 1.32. The van der Waals surface area contributed by atoms with Crippen molar-refractivity contribution in [2.24, 2.45) is 0 Å². The number of fused-ring (bicyclic) bond motifs is 1. The quantitative estimate of drug-likeness (QED) is 0.660. The molecule has 0 unspecified atom stereocenters. The van der Waals surface area contributed by atoms with E-state index in [0.717, 1.165) is 6.07 Å². The summed E-state index contributed by atoms with van der Waals surface area (Å²) < 4.78 is 31.0. The third-order valence-electron chi connectivity index (χ3n) is 1.97. The van der Waals surface area contributed by atoms with E-state index in [1.54, 1.807) is 0 Å². The topological polar surface area (TPSA) is 21.3 Å². The zero-order valence-electron chi connectivity index (χ0n) is 6.94. The molecule has 1 aliphatic rings. The SMILES string of the molecule is Fc1ccc2c(c1F)OCCNC2. The monoisotopic (exact) mass is 185 g/mol. The molecule has 13 heavy (non-hydrogen) atoms. The van der Waals surface area contributed by atoms with Gasteiger partial charge in [-0.25, -0.2) is 4.39 Å². The molecule has 2 rings (SSSR count). The molecule has 0 amide bonds. The van der Waals surface area contributed by atoms with E-state index in [2.05, 4.69) is 5.32 Å². The molecule has 0 fully saturated rings. The molecule has 1 N–H and O–H groups in total. The summed E-state index contributed by atoms with van der Waals surface area (Å²) in [5.74, 6) is -1.70. The van der Waals surface area contributed by atoms with Crippen LogP contribution >= 0.6 is 0 Å². The van der Waals surface area contributed by atoms with Gasteiger partial charge in [0.25, 0.3) is 0 Å². The number of hydrogen-bond donors (Lipinski definition) is 1. The van der Waals surface area contributed by atoms with Gasteiger partial charge in [0.1, 0.15) is 6.61 Å². The first-order valence-electron chi connectivity index (χ1n) is 4.09. The Morgan fingerprint density at radius 2 is 2.15 bits per heavy atom. The molecule has 0 atom stereocenters. The van der Waals surface area contributed by atoms with Gasteiger partial charge in [0, 0.05) is 18.7 Å². The maximum atomic E-state index is 13.1. The van der Waals surface area contributed by atoms with E-state index < -0.39 is 11.6 Å². The van der Waals surface area contributed by atoms with Crippen LogP contribution in [-0.2, 0) is 6.54 Å². The zero-order chi connectivity index (χ0) is 9.26. The fourth-order valence-corrected chi connectivity index (χ4v) is 1.32. The van der Waals surface area contributed by atoms with Crippen molar-refractivity contribution in [2.75, 3.05) is 13.2 Å². The summed E-state index contributed by atoms with van der Waals surface area (Å²) in [4.78, 5) is 0. The van der Waals surface area contributed by atoms with Crippen LogP contribution in [0.2, 0.25) is 0 Å². The molecule has 0 saturated heterocycles. The smallest absolute Gasteiger partial charge is 0.200 e. The second-order valence-corrected chi connectivity index (χ2v) is 2.87. The maximum absolute atomic E-state index is 13.1. The number of benzene rings is 1. The summed E-state index contributed by atoms with van der Waals surface area (Å²) in [6.07, 6.45) is 0. The normalized spacial score (nSPS) is 15.8. The molecule has 0 bridgehead atoms. The van der Waals surface area contributed by atoms with Gasteiger partial charge in [-0.05, 0) is 6.07 Å². The van der Waals surface area contributed by atoms with Gasteiger partial charge in [-0.3, -0.25) is 0 Å². The van der Waals surface area contributed by atoms with E-state index >= 15 is 0 Å². The lowest BCUT2D eigenvalue weighted by atomic mass is 10.2. The number of ether oxygens (including phenoxy) is 1. The van der Waals surface area contributed by atoms with Crippen LogP contribution in [0, 0.1) is 11.6 Å². The Labute approximate surface area is 74.5 Å². The van der Waals surface area contributed by atoms with Crippen LogP contribution in [0.15, 0.2) is 12.1 Å². The Morgan fingerprint density at radius 1 is 1.31 bits per heavy atom. The second kappa shape index (κ2) is 3.30. The molecule has 1 heterocycles. The lowest BCUT2D eigenvalue weighted by Crippen LogP contribution is -2.16. The van der Waals surface area contributed by atoms with Crippen LogP contribution in [-0.4, -0.2) is 13.2 Å². The summed E-state index contributed by atoms with van der Waals surface area (Å²) in [6.45, 7) is 1.54. The number of nitrogens with one attached hydrogen (secondary N) is 1. The molecule has 1 aliphatic heterocycles. The van der Waals surface area contributed by atoms with Crippen LogP contribution in [0.5, 0.6) is 5.75 Å². The Bertz CT molecular complexity index is 328. The van der Waals surface area contributed by atoms with Crippen molar-refractivity contribution in [1.82, 2.24) is 5.32 Å². The molecule has 2 nitrogen and oxygen atoms in total. The molecule has 0 radical (unpaired) electrons. The molecule has 70 valence electrons. The van der Waals surface area contributed by atoms with Gasteiger partial charge in [0.15, 0.2) is 11.6 Å². The van der Waals surface area contributed by atoms with Gasteiger partial charge in [0.2, 0.25) is 5.82 Å². The molecule has 0 spiro atoms. The maximum Gasteiger partial charge on any atom is 0.200 e. The van der Waals surface area contributed by atoms with E-state index in [9.17, 15) is 8.78 Å². The van der Waals surface area contributed by atoms with Crippen LogP contribution in [0.4, 0.5) is 8.78 Å². The van der Waals surface area contributed by atoms with Gasteiger partial charge >= 0.3 is 0 Å². The summed E-state index contributed by atoms with van der Waals surface area (Å²) in [5, 5.41) is 3.04. The molecule has 1 aromatic carbocycles. The minimum absolute atomic E-state index is 0.0463. The van der Waals surface area contributed by atoms with Crippen molar-refractivity contribution in [1.29, 1.82) is 0 Å². The average Bonchev–Trinajstić information content (AvgIpc) is 2.36. The summed E-state index contributed by atoms with van der Waals surface area (Å²) in [5.41, 5.74) is 0.663. The minimum atomic E-state index is -0.888. The van der Waals surface area contributed by atoms with Crippen LogP contribution in [0.1, 0.15) is 5.56 Å². The van der Waals surface area contributed by atoms with Crippen molar-refractivity contribution in [2.45, 2.75) is 6.54 Å². The molecular weight excluding hydrogens is 176 g/mol. The van der Waals surface area contributed by atoms with Gasteiger partial charge < -0.3 is 10.1 Å². The number of rotatable bonds is 0. The Hall–Kier alpha value is -1.16. The zero-order valence-corrected chi connectivity index (χ0v) is 6.94. The summed E-state index contributed by atoms with van der Waals surface area (Å²) in [6, 6.07) is 2.65. The van der Waals surface area contributed by atoms with Gasteiger partial charge in [-0.15, -0.1) is 0 Å². The van der Waals surface area contributed by atoms with Crippen molar-refractivity contribution >= 4 is 0 Å². The summed E-state index contributed by atoms with van der Waals surface area (Å²) >= 11 is 0. The lowest BCUT2D eigenvalue weighted by Gasteiger charge is -2.07. The van der Waals surface area contributed by atoms with Crippen molar-refractivity contribution in [3.8, 4) is 5.75 Å². The predicted molar refractivity (Wildman–Crippen MR) is 43.6 cm³/mol. The van der Waals surface area contributed by atoms with Crippen LogP contribution in [0.25, 0.3) is 0 Å². The molecular formula is C9H9F2NO. The van der Waals surface area contributed by atoms with E-state index in [0.29, 0.717) is 25.3 Å². The Morgan fingerprint density at radius 3 is 3.00 bits per heavy atom.